The van der Waals surface area contributed by atoms with Crippen molar-refractivity contribution in [3.8, 4) is 11.8 Å². The van der Waals surface area contributed by atoms with E-state index in [0.29, 0.717) is 0 Å². The first-order valence-electron chi connectivity index (χ1n) is 4.46. The summed E-state index contributed by atoms with van der Waals surface area (Å²) < 4.78 is 0. The lowest BCUT2D eigenvalue weighted by Crippen LogP contribution is -1.87. The molecule has 0 fully saturated rings. The van der Waals surface area contributed by atoms with Crippen LogP contribution in [0.2, 0.25) is 0 Å². The van der Waals surface area contributed by atoms with E-state index in [1.807, 2.05) is 6.92 Å². The van der Waals surface area contributed by atoms with Crippen LogP contribution in [0.25, 0.3) is 0 Å². The standard InChI is InChI=1S/C12H14OS/c1-10-5-6-11(9-14-2)8-12(10)4-3-7-13/h5-6,8,13H,7,9H2,1-2H3. The SMILES string of the molecule is CSCc1ccc(C)c(C#CCO)c1. The molecule has 0 aliphatic carbocycles. The highest BCUT2D eigenvalue weighted by atomic mass is 32.2. The van der Waals surface area contributed by atoms with E-state index in [1.165, 1.54) is 5.56 Å². The minimum absolute atomic E-state index is 0.0772. The number of aliphatic hydroxyl groups excluding tert-OH is 1. The molecule has 1 aromatic rings. The van der Waals surface area contributed by atoms with Crippen molar-refractivity contribution in [3.05, 3.63) is 34.9 Å². The Morgan fingerprint density at radius 1 is 1.43 bits per heavy atom. The highest BCUT2D eigenvalue weighted by Gasteiger charge is 1.97. The number of aliphatic hydroxyl groups is 1. The molecule has 0 aliphatic heterocycles. The van der Waals surface area contributed by atoms with E-state index < -0.39 is 0 Å². The molecular formula is C12H14OS. The molecule has 0 aromatic heterocycles. The van der Waals surface area contributed by atoms with Crippen molar-refractivity contribution in [2.45, 2.75) is 12.7 Å². The van der Waals surface area contributed by atoms with Gasteiger partial charge in [-0.05, 0) is 30.4 Å². The normalized spacial score (nSPS) is 9.36. The van der Waals surface area contributed by atoms with Crippen LogP contribution in [-0.4, -0.2) is 18.0 Å². The van der Waals surface area contributed by atoms with Gasteiger partial charge in [0.2, 0.25) is 0 Å². The average molecular weight is 206 g/mol. The molecule has 1 N–H and O–H groups in total. The summed E-state index contributed by atoms with van der Waals surface area (Å²) in [5.74, 6) is 6.63. The number of aryl methyl sites for hydroxylation is 1. The first-order valence-corrected chi connectivity index (χ1v) is 5.85. The second-order valence-corrected chi connectivity index (χ2v) is 3.91. The van der Waals surface area contributed by atoms with Crippen LogP contribution in [0.5, 0.6) is 0 Å². The van der Waals surface area contributed by atoms with Gasteiger partial charge < -0.3 is 5.11 Å². The van der Waals surface area contributed by atoms with E-state index in [0.717, 1.165) is 16.9 Å². The Morgan fingerprint density at radius 3 is 2.86 bits per heavy atom. The van der Waals surface area contributed by atoms with Crippen LogP contribution in [0, 0.1) is 18.8 Å². The van der Waals surface area contributed by atoms with Crippen molar-refractivity contribution in [1.82, 2.24) is 0 Å². The van der Waals surface area contributed by atoms with Crippen LogP contribution in [0.3, 0.4) is 0 Å². The molecule has 0 amide bonds. The van der Waals surface area contributed by atoms with Crippen molar-refractivity contribution < 1.29 is 5.11 Å². The van der Waals surface area contributed by atoms with Gasteiger partial charge in [0.1, 0.15) is 6.61 Å². The van der Waals surface area contributed by atoms with Crippen LogP contribution >= 0.6 is 11.8 Å². The summed E-state index contributed by atoms with van der Waals surface area (Å²) in [6.45, 7) is 1.95. The van der Waals surface area contributed by atoms with Gasteiger partial charge in [0.15, 0.2) is 0 Å². The Balaban J connectivity index is 2.96. The number of benzene rings is 1. The van der Waals surface area contributed by atoms with Gasteiger partial charge in [-0.2, -0.15) is 11.8 Å². The van der Waals surface area contributed by atoms with Crippen molar-refractivity contribution >= 4 is 11.8 Å². The average Bonchev–Trinajstić information content (AvgIpc) is 2.19. The Morgan fingerprint density at radius 2 is 2.21 bits per heavy atom. The van der Waals surface area contributed by atoms with Gasteiger partial charge in [-0.3, -0.25) is 0 Å². The number of rotatable bonds is 2. The molecule has 0 saturated carbocycles. The van der Waals surface area contributed by atoms with E-state index in [-0.39, 0.29) is 6.61 Å². The minimum atomic E-state index is -0.0772. The van der Waals surface area contributed by atoms with E-state index in [4.69, 9.17) is 5.11 Å². The molecule has 0 spiro atoms. The first-order chi connectivity index (χ1) is 6.77. The summed E-state index contributed by atoms with van der Waals surface area (Å²) in [7, 11) is 0. The number of thioether (sulfide) groups is 1. The molecule has 0 bridgehead atoms. The lowest BCUT2D eigenvalue weighted by molar-refractivity contribution is 0.350. The van der Waals surface area contributed by atoms with Gasteiger partial charge >= 0.3 is 0 Å². The summed E-state index contributed by atoms with van der Waals surface area (Å²) in [4.78, 5) is 0. The Kier molecular flexibility index (Phi) is 4.58. The second kappa shape index (κ2) is 5.74. The van der Waals surface area contributed by atoms with Crippen LogP contribution in [0.4, 0.5) is 0 Å². The summed E-state index contributed by atoms with van der Waals surface area (Å²) in [5, 5.41) is 8.61. The van der Waals surface area contributed by atoms with Gasteiger partial charge in [0, 0.05) is 11.3 Å². The zero-order valence-electron chi connectivity index (χ0n) is 8.50. The fraction of sp³-hybridized carbons (Fsp3) is 0.333. The molecule has 74 valence electrons. The Labute approximate surface area is 89.5 Å². The fourth-order valence-electron chi connectivity index (χ4n) is 1.20. The highest BCUT2D eigenvalue weighted by Crippen LogP contribution is 2.14. The van der Waals surface area contributed by atoms with E-state index in [9.17, 15) is 0 Å². The van der Waals surface area contributed by atoms with E-state index in [1.54, 1.807) is 11.8 Å². The number of hydrogen-bond acceptors (Lipinski definition) is 2. The zero-order chi connectivity index (χ0) is 10.4. The third-order valence-electron chi connectivity index (χ3n) is 1.92. The predicted molar refractivity (Wildman–Crippen MR) is 62.4 cm³/mol. The summed E-state index contributed by atoms with van der Waals surface area (Å²) in [5.41, 5.74) is 3.46. The van der Waals surface area contributed by atoms with Crippen LogP contribution in [0.15, 0.2) is 18.2 Å². The van der Waals surface area contributed by atoms with E-state index >= 15 is 0 Å². The molecule has 0 atom stereocenters. The van der Waals surface area contributed by atoms with E-state index in [2.05, 4.69) is 36.3 Å². The quantitative estimate of drug-likeness (QED) is 0.749. The maximum absolute atomic E-state index is 8.61. The summed E-state index contributed by atoms with van der Waals surface area (Å²) in [6.07, 6.45) is 2.08. The predicted octanol–water partition coefficient (Wildman–Crippen LogP) is 2.20. The van der Waals surface area contributed by atoms with Crippen molar-refractivity contribution in [3.63, 3.8) is 0 Å². The first kappa shape index (κ1) is 11.2. The van der Waals surface area contributed by atoms with Crippen LogP contribution in [-0.2, 0) is 5.75 Å². The maximum atomic E-state index is 8.61. The van der Waals surface area contributed by atoms with Crippen LogP contribution in [0.1, 0.15) is 16.7 Å². The minimum Gasteiger partial charge on any atom is -0.384 e. The largest absolute Gasteiger partial charge is 0.384 e. The lowest BCUT2D eigenvalue weighted by atomic mass is 10.1. The molecule has 14 heavy (non-hydrogen) atoms. The maximum Gasteiger partial charge on any atom is 0.104 e. The van der Waals surface area contributed by atoms with Crippen molar-refractivity contribution in [2.75, 3.05) is 12.9 Å². The molecule has 1 aromatic carbocycles. The zero-order valence-corrected chi connectivity index (χ0v) is 9.32. The molecule has 0 saturated heterocycles. The van der Waals surface area contributed by atoms with Crippen molar-refractivity contribution in [2.24, 2.45) is 0 Å². The van der Waals surface area contributed by atoms with Gasteiger partial charge in [-0.1, -0.05) is 24.0 Å². The Bertz CT molecular complexity index is 360. The number of hydrogen-bond donors (Lipinski definition) is 1. The fourth-order valence-corrected chi connectivity index (χ4v) is 1.71. The van der Waals surface area contributed by atoms with Gasteiger partial charge in [-0.15, -0.1) is 0 Å². The third-order valence-corrected chi connectivity index (χ3v) is 2.54. The lowest BCUT2D eigenvalue weighted by Gasteiger charge is -2.02. The van der Waals surface area contributed by atoms with Crippen LogP contribution < -0.4 is 0 Å². The van der Waals surface area contributed by atoms with Crippen molar-refractivity contribution in [1.29, 1.82) is 0 Å². The Hall–Kier alpha value is -0.910. The monoisotopic (exact) mass is 206 g/mol. The molecule has 0 radical (unpaired) electrons. The van der Waals surface area contributed by atoms with Gasteiger partial charge in [0.25, 0.3) is 0 Å². The smallest absolute Gasteiger partial charge is 0.104 e. The molecule has 2 heteroatoms. The van der Waals surface area contributed by atoms with Gasteiger partial charge in [0.05, 0.1) is 0 Å². The molecule has 1 nitrogen and oxygen atoms in total. The second-order valence-electron chi connectivity index (χ2n) is 3.04. The highest BCUT2D eigenvalue weighted by molar-refractivity contribution is 7.97. The summed E-state index contributed by atoms with van der Waals surface area (Å²) in [6, 6.07) is 6.29. The molecule has 0 aliphatic rings. The molecular weight excluding hydrogens is 192 g/mol. The third kappa shape index (κ3) is 3.10. The molecule has 0 unspecified atom stereocenters. The molecule has 0 heterocycles. The summed E-state index contributed by atoms with van der Waals surface area (Å²) >= 11 is 1.80. The van der Waals surface area contributed by atoms with Gasteiger partial charge in [-0.25, -0.2) is 0 Å². The molecule has 1 rings (SSSR count). The topological polar surface area (TPSA) is 20.2 Å².